The first-order valence-electron chi connectivity index (χ1n) is 5.67. The Balaban J connectivity index is 2.26. The number of halogens is 1. The van der Waals surface area contributed by atoms with E-state index in [1.54, 1.807) is 18.2 Å². The highest BCUT2D eigenvalue weighted by atomic mass is 79.9. The zero-order valence-corrected chi connectivity index (χ0v) is 12.3. The number of hydrogen-bond acceptors (Lipinski definition) is 2. The quantitative estimate of drug-likeness (QED) is 0.807. The van der Waals surface area contributed by atoms with E-state index in [0.29, 0.717) is 21.1 Å². The van der Waals surface area contributed by atoms with Gasteiger partial charge in [-0.25, -0.2) is 4.57 Å². The molecule has 1 N–H and O–H groups in total. The molecule has 0 fully saturated rings. The third-order valence-corrected chi connectivity index (χ3v) is 5.11. The molecule has 1 heterocycles. The van der Waals surface area contributed by atoms with Crippen LogP contribution in [0, 0.1) is 0 Å². The van der Waals surface area contributed by atoms with Crippen molar-refractivity contribution in [1.82, 2.24) is 0 Å². The smallest absolute Gasteiger partial charge is 0.408 e. The van der Waals surface area contributed by atoms with Gasteiger partial charge in [-0.15, -0.1) is 0 Å². The fourth-order valence-electron chi connectivity index (χ4n) is 2.01. The molecule has 3 nitrogen and oxygen atoms in total. The van der Waals surface area contributed by atoms with Gasteiger partial charge < -0.3 is 9.42 Å². The molecule has 0 aromatic heterocycles. The lowest BCUT2D eigenvalue weighted by atomic mass is 10.1. The summed E-state index contributed by atoms with van der Waals surface area (Å²) >= 11 is 3.46. The summed E-state index contributed by atoms with van der Waals surface area (Å²) in [5.41, 5.74) is 1.46. The summed E-state index contributed by atoms with van der Waals surface area (Å²) < 4.78 is 18.3. The Hall–Kier alpha value is -1.35. The molecule has 19 heavy (non-hydrogen) atoms. The van der Waals surface area contributed by atoms with Crippen LogP contribution < -0.4 is 5.30 Å². The zero-order valence-electron chi connectivity index (χ0n) is 9.79. The lowest BCUT2D eigenvalue weighted by Gasteiger charge is -2.25. The maximum Gasteiger partial charge on any atom is 0.408 e. The molecule has 5 heteroatoms. The van der Waals surface area contributed by atoms with Gasteiger partial charge in [0.25, 0.3) is 0 Å². The van der Waals surface area contributed by atoms with E-state index in [1.807, 2.05) is 36.4 Å². The maximum absolute atomic E-state index is 12.3. The average Bonchev–Trinajstić information content (AvgIpc) is 2.44. The molecule has 0 bridgehead atoms. The maximum atomic E-state index is 12.3. The van der Waals surface area contributed by atoms with Crippen molar-refractivity contribution in [2.45, 2.75) is 0 Å². The largest absolute Gasteiger partial charge is 0.419 e. The van der Waals surface area contributed by atoms with Gasteiger partial charge in [-0.1, -0.05) is 48.5 Å². The molecular formula is C14H10BrO3P. The summed E-state index contributed by atoms with van der Waals surface area (Å²) in [4.78, 5) is 10.1. The fourth-order valence-corrected chi connectivity index (χ4v) is 4.25. The molecule has 2 aromatic carbocycles. The topological polar surface area (TPSA) is 46.5 Å². The molecule has 1 unspecified atom stereocenters. The first-order chi connectivity index (χ1) is 9.09. The van der Waals surface area contributed by atoms with E-state index in [1.165, 1.54) is 0 Å². The van der Waals surface area contributed by atoms with Crippen LogP contribution in [0.2, 0.25) is 0 Å². The van der Waals surface area contributed by atoms with Crippen LogP contribution in [-0.4, -0.2) is 4.89 Å². The fraction of sp³-hybridized carbons (Fsp3) is 0. The van der Waals surface area contributed by atoms with Gasteiger partial charge in [0.2, 0.25) is 0 Å². The van der Waals surface area contributed by atoms with Gasteiger partial charge in [-0.2, -0.15) is 0 Å². The summed E-state index contributed by atoms with van der Waals surface area (Å²) in [7, 11) is -3.82. The Morgan fingerprint density at radius 3 is 2.37 bits per heavy atom. The Labute approximate surface area is 119 Å². The van der Waals surface area contributed by atoms with Crippen LogP contribution >= 0.6 is 23.5 Å². The van der Waals surface area contributed by atoms with Crippen LogP contribution in [0.4, 0.5) is 0 Å². The average molecular weight is 337 g/mol. The Morgan fingerprint density at radius 2 is 1.63 bits per heavy atom. The zero-order chi connectivity index (χ0) is 13.5. The molecule has 1 aliphatic heterocycles. The van der Waals surface area contributed by atoms with Crippen molar-refractivity contribution in [1.29, 1.82) is 0 Å². The van der Waals surface area contributed by atoms with E-state index in [2.05, 4.69) is 15.9 Å². The molecule has 0 radical (unpaired) electrons. The first-order valence-corrected chi connectivity index (χ1v) is 8.04. The summed E-state index contributed by atoms with van der Waals surface area (Å²) in [6.45, 7) is 0. The van der Waals surface area contributed by atoms with E-state index >= 15 is 0 Å². The number of hydrogen-bond donors (Lipinski definition) is 1. The normalized spacial score (nSPS) is 21.8. The number of rotatable bonds is 1. The van der Waals surface area contributed by atoms with Gasteiger partial charge in [-0.3, -0.25) is 0 Å². The summed E-state index contributed by atoms with van der Waals surface area (Å²) in [6.07, 6.45) is 0. The van der Waals surface area contributed by atoms with Crippen LogP contribution in [0.5, 0.6) is 0 Å². The van der Waals surface area contributed by atoms with E-state index < -0.39 is 7.60 Å². The molecule has 3 rings (SSSR count). The molecule has 1 aliphatic rings. The van der Waals surface area contributed by atoms with Crippen molar-refractivity contribution in [2.75, 3.05) is 0 Å². The second-order valence-corrected chi connectivity index (χ2v) is 6.64. The Kier molecular flexibility index (Phi) is 3.09. The molecule has 2 aromatic rings. The van der Waals surface area contributed by atoms with E-state index in [0.717, 1.165) is 5.56 Å². The SMILES string of the molecule is O=P1(O)OC(c2ccccc2)=C(Br)c2ccccc21. The minimum absolute atomic E-state index is 0.321. The second-order valence-electron chi connectivity index (χ2n) is 4.14. The second kappa shape index (κ2) is 4.64. The highest BCUT2D eigenvalue weighted by molar-refractivity contribution is 9.15. The van der Waals surface area contributed by atoms with Crippen molar-refractivity contribution in [3.05, 3.63) is 65.7 Å². The van der Waals surface area contributed by atoms with Crippen LogP contribution in [0.15, 0.2) is 54.6 Å². The Morgan fingerprint density at radius 1 is 1.00 bits per heavy atom. The van der Waals surface area contributed by atoms with Gasteiger partial charge in [-0.05, 0) is 22.0 Å². The van der Waals surface area contributed by atoms with Crippen molar-refractivity contribution in [2.24, 2.45) is 0 Å². The molecule has 0 amide bonds. The van der Waals surface area contributed by atoms with Gasteiger partial charge in [0.1, 0.15) is 0 Å². The van der Waals surface area contributed by atoms with Crippen LogP contribution in [-0.2, 0) is 9.09 Å². The standard InChI is InChI=1S/C14H10BrO3P/c15-13-11-8-4-5-9-12(11)19(16,17)18-14(13)10-6-2-1-3-7-10/h1-9H,(H,16,17). The molecule has 96 valence electrons. The highest BCUT2D eigenvalue weighted by Gasteiger charge is 2.35. The minimum atomic E-state index is -3.82. The monoisotopic (exact) mass is 336 g/mol. The van der Waals surface area contributed by atoms with Crippen LogP contribution in [0.3, 0.4) is 0 Å². The molecule has 0 saturated heterocycles. The summed E-state index contributed by atoms with van der Waals surface area (Å²) in [6, 6.07) is 16.2. The molecule has 0 spiro atoms. The lowest BCUT2D eigenvalue weighted by molar-refractivity contribution is 0.375. The number of fused-ring (bicyclic) bond motifs is 1. The lowest BCUT2D eigenvalue weighted by Crippen LogP contribution is -2.16. The molecule has 0 saturated carbocycles. The third-order valence-electron chi connectivity index (χ3n) is 2.90. The van der Waals surface area contributed by atoms with Gasteiger partial charge >= 0.3 is 7.60 Å². The van der Waals surface area contributed by atoms with E-state index in [9.17, 15) is 9.46 Å². The molecule has 0 aliphatic carbocycles. The van der Waals surface area contributed by atoms with Crippen molar-refractivity contribution in [3.8, 4) is 0 Å². The molecular weight excluding hydrogens is 327 g/mol. The molecule has 1 atom stereocenters. The van der Waals surface area contributed by atoms with Crippen molar-refractivity contribution in [3.63, 3.8) is 0 Å². The van der Waals surface area contributed by atoms with Crippen molar-refractivity contribution >= 4 is 39.1 Å². The summed E-state index contributed by atoms with van der Waals surface area (Å²) in [5.74, 6) is 0.394. The van der Waals surface area contributed by atoms with E-state index in [4.69, 9.17) is 4.52 Å². The van der Waals surface area contributed by atoms with E-state index in [-0.39, 0.29) is 0 Å². The van der Waals surface area contributed by atoms with Gasteiger partial charge in [0, 0.05) is 11.1 Å². The summed E-state index contributed by atoms with van der Waals surface area (Å²) in [5, 5.41) is 0.321. The first kappa shape index (κ1) is 12.7. The van der Waals surface area contributed by atoms with Gasteiger partial charge in [0.05, 0.1) is 9.79 Å². The number of benzene rings is 2. The predicted octanol–water partition coefficient (Wildman–Crippen LogP) is 3.75. The Bertz CT molecular complexity index is 710. The van der Waals surface area contributed by atoms with Gasteiger partial charge in [0.15, 0.2) is 5.76 Å². The van der Waals surface area contributed by atoms with Crippen molar-refractivity contribution < 1.29 is 14.0 Å². The predicted molar refractivity (Wildman–Crippen MR) is 79.2 cm³/mol. The van der Waals surface area contributed by atoms with Crippen LogP contribution in [0.25, 0.3) is 10.2 Å². The van der Waals surface area contributed by atoms with Crippen LogP contribution in [0.1, 0.15) is 11.1 Å². The minimum Gasteiger partial charge on any atom is -0.419 e. The third kappa shape index (κ3) is 2.16. The highest BCUT2D eigenvalue weighted by Crippen LogP contribution is 2.53.